The first-order valence-electron chi connectivity index (χ1n) is 5.99. The molecule has 2 rings (SSSR count). The van der Waals surface area contributed by atoms with Crippen LogP contribution in [0.2, 0.25) is 0 Å². The quantitative estimate of drug-likeness (QED) is 0.900. The number of hydrogen-bond acceptors (Lipinski definition) is 3. The van der Waals surface area contributed by atoms with E-state index in [4.69, 9.17) is 5.11 Å². The highest BCUT2D eigenvalue weighted by molar-refractivity contribution is 5.85. The van der Waals surface area contributed by atoms with Crippen LogP contribution in [-0.2, 0) is 11.3 Å². The number of carboxylic acids is 1. The third-order valence-electron chi connectivity index (χ3n) is 3.19. The minimum absolute atomic E-state index is 0. The van der Waals surface area contributed by atoms with Gasteiger partial charge >= 0.3 is 5.97 Å². The Bertz CT molecular complexity index is 415. The van der Waals surface area contributed by atoms with Crippen molar-refractivity contribution in [1.29, 1.82) is 0 Å². The van der Waals surface area contributed by atoms with Gasteiger partial charge in [0.1, 0.15) is 0 Å². The fourth-order valence-electron chi connectivity index (χ4n) is 2.43. The minimum Gasteiger partial charge on any atom is -0.481 e. The summed E-state index contributed by atoms with van der Waals surface area (Å²) in [5.41, 5.74) is 2.40. The average Bonchev–Trinajstić information content (AvgIpc) is 2.47. The number of para-hydroxylation sites is 1. The monoisotopic (exact) mass is 306 g/mol. The second-order valence-electron chi connectivity index (χ2n) is 4.30. The molecule has 1 aliphatic heterocycles. The Morgan fingerprint density at radius 3 is 2.74 bits per heavy atom. The summed E-state index contributed by atoms with van der Waals surface area (Å²) >= 11 is 0. The molecule has 1 aromatic rings. The van der Waals surface area contributed by atoms with Crippen LogP contribution >= 0.6 is 24.8 Å². The van der Waals surface area contributed by atoms with Crippen LogP contribution in [-0.4, -0.2) is 30.2 Å². The van der Waals surface area contributed by atoms with E-state index < -0.39 is 5.97 Å². The molecule has 1 aliphatic rings. The number of nitrogens with zero attached hydrogens (tertiary/aromatic N) is 1. The average molecular weight is 307 g/mol. The summed E-state index contributed by atoms with van der Waals surface area (Å²) in [6.45, 7) is 4.42. The van der Waals surface area contributed by atoms with Crippen molar-refractivity contribution in [3.8, 4) is 0 Å². The van der Waals surface area contributed by atoms with Gasteiger partial charge in [-0.15, -0.1) is 24.8 Å². The lowest BCUT2D eigenvalue weighted by Crippen LogP contribution is -2.41. The summed E-state index contributed by atoms with van der Waals surface area (Å²) < 4.78 is 0. The molecule has 0 aliphatic carbocycles. The number of carbonyl (C=O) groups is 1. The number of likely N-dealkylation sites (N-methyl/N-ethyl adjacent to an activating group) is 1. The van der Waals surface area contributed by atoms with Crippen molar-refractivity contribution in [2.24, 2.45) is 0 Å². The van der Waals surface area contributed by atoms with Gasteiger partial charge in [0.15, 0.2) is 0 Å². The molecule has 0 spiro atoms. The highest BCUT2D eigenvalue weighted by Crippen LogP contribution is 2.25. The highest BCUT2D eigenvalue weighted by Gasteiger charge is 2.24. The van der Waals surface area contributed by atoms with E-state index in [1.807, 2.05) is 12.1 Å². The number of aliphatic carboxylic acids is 1. The molecule has 6 heteroatoms. The Morgan fingerprint density at radius 2 is 2.11 bits per heavy atom. The van der Waals surface area contributed by atoms with Crippen molar-refractivity contribution in [3.05, 3.63) is 29.8 Å². The van der Waals surface area contributed by atoms with Crippen molar-refractivity contribution in [2.75, 3.05) is 18.0 Å². The summed E-state index contributed by atoms with van der Waals surface area (Å²) in [4.78, 5) is 13.1. The lowest BCUT2D eigenvalue weighted by atomic mass is 10.1. The number of fused-ring (bicyclic) bond motifs is 1. The number of nitrogens with one attached hydrogen (secondary N) is 1. The summed E-state index contributed by atoms with van der Waals surface area (Å²) in [5, 5.41) is 12.3. The number of hydrogen-bond donors (Lipinski definition) is 2. The van der Waals surface area contributed by atoms with Gasteiger partial charge in [0.2, 0.25) is 0 Å². The third-order valence-corrected chi connectivity index (χ3v) is 3.19. The molecule has 0 fully saturated rings. The second kappa shape index (κ2) is 8.25. The van der Waals surface area contributed by atoms with Crippen LogP contribution in [0, 0.1) is 0 Å². The molecule has 2 N–H and O–H groups in total. The maximum absolute atomic E-state index is 10.9. The minimum atomic E-state index is -0.741. The predicted octanol–water partition coefficient (Wildman–Crippen LogP) is 2.30. The van der Waals surface area contributed by atoms with Crippen LogP contribution in [0.5, 0.6) is 0 Å². The summed E-state index contributed by atoms with van der Waals surface area (Å²) in [6.07, 6.45) is 0.176. The molecule has 1 unspecified atom stereocenters. The Hall–Kier alpha value is -0.970. The fraction of sp³-hybridized carbons (Fsp3) is 0.462. The van der Waals surface area contributed by atoms with Crippen molar-refractivity contribution in [3.63, 3.8) is 0 Å². The van der Waals surface area contributed by atoms with Gasteiger partial charge in [0.05, 0.1) is 12.5 Å². The first-order valence-corrected chi connectivity index (χ1v) is 5.99. The number of carboxylic acid groups (broad SMARTS) is 1. The van der Waals surface area contributed by atoms with Crippen LogP contribution < -0.4 is 10.2 Å². The molecular formula is C13H20Cl2N2O2. The van der Waals surface area contributed by atoms with E-state index >= 15 is 0 Å². The standard InChI is InChI=1S/C13H18N2O2.2ClH/c1-2-15-11(7-13(16)17)9-14-8-10-5-3-4-6-12(10)15;;/h3-6,11,14H,2,7-9H2,1H3,(H,16,17);2*1H. The molecule has 19 heavy (non-hydrogen) atoms. The molecule has 1 aromatic carbocycles. The number of halogens is 2. The zero-order chi connectivity index (χ0) is 12.3. The van der Waals surface area contributed by atoms with Crippen LogP contribution in [0.1, 0.15) is 18.9 Å². The summed E-state index contributed by atoms with van der Waals surface area (Å²) in [6, 6.07) is 8.21. The smallest absolute Gasteiger partial charge is 0.305 e. The Balaban J connectivity index is 0.00000162. The zero-order valence-electron chi connectivity index (χ0n) is 10.8. The normalized spacial score (nSPS) is 17.5. The predicted molar refractivity (Wildman–Crippen MR) is 81.7 cm³/mol. The first-order chi connectivity index (χ1) is 8.22. The van der Waals surface area contributed by atoms with E-state index in [-0.39, 0.29) is 37.3 Å². The van der Waals surface area contributed by atoms with E-state index in [1.54, 1.807) is 0 Å². The molecule has 1 atom stereocenters. The van der Waals surface area contributed by atoms with Crippen molar-refractivity contribution in [2.45, 2.75) is 25.9 Å². The molecule has 0 bridgehead atoms. The van der Waals surface area contributed by atoms with Gasteiger partial charge in [-0.25, -0.2) is 0 Å². The maximum Gasteiger partial charge on any atom is 0.305 e. The summed E-state index contributed by atoms with van der Waals surface area (Å²) in [7, 11) is 0. The highest BCUT2D eigenvalue weighted by atomic mass is 35.5. The molecule has 0 saturated carbocycles. The van der Waals surface area contributed by atoms with Gasteiger partial charge in [-0.3, -0.25) is 4.79 Å². The van der Waals surface area contributed by atoms with Crippen LogP contribution in [0.4, 0.5) is 5.69 Å². The lowest BCUT2D eigenvalue weighted by molar-refractivity contribution is -0.137. The molecule has 0 amide bonds. The van der Waals surface area contributed by atoms with E-state index in [0.29, 0.717) is 0 Å². The van der Waals surface area contributed by atoms with Crippen LogP contribution in [0.25, 0.3) is 0 Å². The van der Waals surface area contributed by atoms with Crippen LogP contribution in [0.3, 0.4) is 0 Å². The number of anilines is 1. The molecule has 1 heterocycles. The van der Waals surface area contributed by atoms with Crippen molar-refractivity contribution in [1.82, 2.24) is 5.32 Å². The number of benzene rings is 1. The second-order valence-corrected chi connectivity index (χ2v) is 4.30. The van der Waals surface area contributed by atoms with E-state index in [0.717, 1.165) is 25.3 Å². The topological polar surface area (TPSA) is 52.6 Å². The van der Waals surface area contributed by atoms with Gasteiger partial charge in [-0.1, -0.05) is 18.2 Å². The van der Waals surface area contributed by atoms with E-state index in [2.05, 4.69) is 29.3 Å². The van der Waals surface area contributed by atoms with Gasteiger partial charge in [0, 0.05) is 25.3 Å². The number of rotatable bonds is 3. The third kappa shape index (κ3) is 4.27. The van der Waals surface area contributed by atoms with Gasteiger partial charge in [-0.05, 0) is 18.6 Å². The molecule has 0 saturated heterocycles. The Kier molecular flexibility index (Phi) is 7.83. The Labute approximate surface area is 126 Å². The van der Waals surface area contributed by atoms with Gasteiger partial charge in [-0.2, -0.15) is 0 Å². The largest absolute Gasteiger partial charge is 0.481 e. The van der Waals surface area contributed by atoms with Crippen molar-refractivity contribution >= 4 is 36.5 Å². The molecular weight excluding hydrogens is 287 g/mol. The molecule has 0 aromatic heterocycles. The Morgan fingerprint density at radius 1 is 1.42 bits per heavy atom. The van der Waals surface area contributed by atoms with Crippen molar-refractivity contribution < 1.29 is 9.90 Å². The van der Waals surface area contributed by atoms with E-state index in [9.17, 15) is 4.79 Å². The summed E-state index contributed by atoms with van der Waals surface area (Å²) in [5.74, 6) is -0.741. The van der Waals surface area contributed by atoms with Gasteiger partial charge in [0.25, 0.3) is 0 Å². The molecule has 4 nitrogen and oxygen atoms in total. The lowest BCUT2D eigenvalue weighted by Gasteiger charge is -2.30. The van der Waals surface area contributed by atoms with Gasteiger partial charge < -0.3 is 15.3 Å². The first kappa shape index (κ1) is 18.0. The fourth-order valence-corrected chi connectivity index (χ4v) is 2.43. The van der Waals surface area contributed by atoms with Crippen LogP contribution in [0.15, 0.2) is 24.3 Å². The maximum atomic E-state index is 10.9. The SMILES string of the molecule is CCN1c2ccccc2CNCC1CC(=O)O.Cl.Cl. The molecule has 108 valence electrons. The molecule has 0 radical (unpaired) electrons. The van der Waals surface area contributed by atoms with E-state index in [1.165, 1.54) is 5.56 Å². The zero-order valence-corrected chi connectivity index (χ0v) is 12.5.